The SMILES string of the molecule is C=CCNC(C)C(O)c1ccc(Cl)c(Cl)c1. The van der Waals surface area contributed by atoms with Crippen LogP contribution in [0, 0.1) is 0 Å². The Morgan fingerprint density at radius 3 is 2.69 bits per heavy atom. The molecule has 4 heteroatoms. The van der Waals surface area contributed by atoms with Gasteiger partial charge in [0.25, 0.3) is 0 Å². The second kappa shape index (κ2) is 6.26. The van der Waals surface area contributed by atoms with Crippen LogP contribution in [0.2, 0.25) is 10.0 Å². The summed E-state index contributed by atoms with van der Waals surface area (Å²) in [5.41, 5.74) is 0.749. The first-order chi connectivity index (χ1) is 7.56. The minimum Gasteiger partial charge on any atom is -0.387 e. The van der Waals surface area contributed by atoms with Crippen LogP contribution in [0.5, 0.6) is 0 Å². The van der Waals surface area contributed by atoms with E-state index in [-0.39, 0.29) is 6.04 Å². The van der Waals surface area contributed by atoms with E-state index in [0.717, 1.165) is 5.56 Å². The van der Waals surface area contributed by atoms with Crippen molar-refractivity contribution in [3.05, 3.63) is 46.5 Å². The van der Waals surface area contributed by atoms with Crippen LogP contribution in [0.3, 0.4) is 0 Å². The Kier molecular flexibility index (Phi) is 5.29. The second-order valence-electron chi connectivity index (χ2n) is 3.60. The Labute approximate surface area is 106 Å². The van der Waals surface area contributed by atoms with Crippen LogP contribution in [0.1, 0.15) is 18.6 Å². The predicted molar refractivity (Wildman–Crippen MR) is 69.1 cm³/mol. The van der Waals surface area contributed by atoms with E-state index in [9.17, 15) is 5.11 Å². The summed E-state index contributed by atoms with van der Waals surface area (Å²) in [6.45, 7) is 6.16. The third-order valence-electron chi connectivity index (χ3n) is 2.34. The lowest BCUT2D eigenvalue weighted by Crippen LogP contribution is -2.32. The van der Waals surface area contributed by atoms with Crippen LogP contribution in [0.4, 0.5) is 0 Å². The second-order valence-corrected chi connectivity index (χ2v) is 4.42. The number of rotatable bonds is 5. The van der Waals surface area contributed by atoms with Gasteiger partial charge in [0.05, 0.1) is 16.1 Å². The van der Waals surface area contributed by atoms with E-state index in [4.69, 9.17) is 23.2 Å². The molecule has 0 fully saturated rings. The summed E-state index contributed by atoms with van der Waals surface area (Å²) in [4.78, 5) is 0. The van der Waals surface area contributed by atoms with Gasteiger partial charge in [-0.15, -0.1) is 6.58 Å². The lowest BCUT2D eigenvalue weighted by Gasteiger charge is -2.20. The normalized spacial score (nSPS) is 14.5. The fraction of sp³-hybridized carbons (Fsp3) is 0.333. The van der Waals surface area contributed by atoms with Gasteiger partial charge in [0, 0.05) is 12.6 Å². The van der Waals surface area contributed by atoms with Crippen molar-refractivity contribution in [1.29, 1.82) is 0 Å². The van der Waals surface area contributed by atoms with Gasteiger partial charge in [0.1, 0.15) is 0 Å². The van der Waals surface area contributed by atoms with Gasteiger partial charge >= 0.3 is 0 Å². The molecular weight excluding hydrogens is 245 g/mol. The lowest BCUT2D eigenvalue weighted by molar-refractivity contribution is 0.138. The van der Waals surface area contributed by atoms with Gasteiger partial charge in [-0.05, 0) is 24.6 Å². The van der Waals surface area contributed by atoms with E-state index in [1.54, 1.807) is 24.3 Å². The smallest absolute Gasteiger partial charge is 0.0940 e. The van der Waals surface area contributed by atoms with E-state index in [0.29, 0.717) is 16.6 Å². The fourth-order valence-corrected chi connectivity index (χ4v) is 1.67. The van der Waals surface area contributed by atoms with Gasteiger partial charge in [-0.2, -0.15) is 0 Å². The van der Waals surface area contributed by atoms with Crippen molar-refractivity contribution in [2.24, 2.45) is 0 Å². The molecule has 0 amide bonds. The number of nitrogens with one attached hydrogen (secondary N) is 1. The van der Waals surface area contributed by atoms with E-state index >= 15 is 0 Å². The summed E-state index contributed by atoms with van der Waals surface area (Å²) in [7, 11) is 0. The van der Waals surface area contributed by atoms with E-state index in [2.05, 4.69) is 11.9 Å². The number of benzene rings is 1. The van der Waals surface area contributed by atoms with Gasteiger partial charge in [-0.25, -0.2) is 0 Å². The molecule has 0 saturated carbocycles. The largest absolute Gasteiger partial charge is 0.387 e. The number of aliphatic hydroxyl groups is 1. The van der Waals surface area contributed by atoms with Crippen LogP contribution < -0.4 is 5.32 Å². The first kappa shape index (κ1) is 13.5. The number of hydrogen-bond acceptors (Lipinski definition) is 2. The fourth-order valence-electron chi connectivity index (χ4n) is 1.37. The Bertz CT molecular complexity index is 368. The molecule has 0 heterocycles. The molecule has 0 aromatic heterocycles. The Morgan fingerprint density at radius 1 is 1.44 bits per heavy atom. The summed E-state index contributed by atoms with van der Waals surface area (Å²) in [5, 5.41) is 14.1. The van der Waals surface area contributed by atoms with Gasteiger partial charge in [0.2, 0.25) is 0 Å². The monoisotopic (exact) mass is 259 g/mol. The maximum absolute atomic E-state index is 10.0. The lowest BCUT2D eigenvalue weighted by atomic mass is 10.0. The molecule has 16 heavy (non-hydrogen) atoms. The maximum atomic E-state index is 10.0. The number of halogens is 2. The number of aliphatic hydroxyl groups excluding tert-OH is 1. The van der Waals surface area contributed by atoms with Crippen molar-refractivity contribution in [3.63, 3.8) is 0 Å². The average Bonchev–Trinajstić information content (AvgIpc) is 2.28. The maximum Gasteiger partial charge on any atom is 0.0940 e. The first-order valence-electron chi connectivity index (χ1n) is 5.03. The summed E-state index contributed by atoms with van der Waals surface area (Å²) in [6.07, 6.45) is 1.13. The van der Waals surface area contributed by atoms with Crippen LogP contribution in [0.25, 0.3) is 0 Å². The molecule has 0 aliphatic rings. The molecule has 2 N–H and O–H groups in total. The molecule has 0 saturated heterocycles. The highest BCUT2D eigenvalue weighted by atomic mass is 35.5. The molecule has 1 aromatic rings. The molecule has 2 atom stereocenters. The minimum absolute atomic E-state index is 0.0738. The summed E-state index contributed by atoms with van der Waals surface area (Å²) < 4.78 is 0. The molecule has 2 nitrogen and oxygen atoms in total. The van der Waals surface area contributed by atoms with Crippen molar-refractivity contribution in [2.45, 2.75) is 19.1 Å². The summed E-state index contributed by atoms with van der Waals surface area (Å²) >= 11 is 11.7. The topological polar surface area (TPSA) is 32.3 Å². The molecule has 0 radical (unpaired) electrons. The number of hydrogen-bond donors (Lipinski definition) is 2. The van der Waals surface area contributed by atoms with Gasteiger partial charge in [-0.3, -0.25) is 0 Å². The molecule has 2 unspecified atom stereocenters. The van der Waals surface area contributed by atoms with Crippen LogP contribution in [-0.2, 0) is 0 Å². The Morgan fingerprint density at radius 2 is 2.12 bits per heavy atom. The standard InChI is InChI=1S/C12H15Cl2NO/c1-3-6-15-8(2)12(16)9-4-5-10(13)11(14)7-9/h3-5,7-8,12,15-16H,1,6H2,2H3. The third kappa shape index (κ3) is 3.49. The first-order valence-corrected chi connectivity index (χ1v) is 5.79. The molecule has 1 rings (SSSR count). The molecule has 88 valence electrons. The molecule has 1 aromatic carbocycles. The highest BCUT2D eigenvalue weighted by Crippen LogP contribution is 2.26. The van der Waals surface area contributed by atoms with Crippen molar-refractivity contribution in [3.8, 4) is 0 Å². The van der Waals surface area contributed by atoms with Gasteiger partial charge in [-0.1, -0.05) is 35.3 Å². The summed E-state index contributed by atoms with van der Waals surface area (Å²) in [5.74, 6) is 0. The molecule has 0 aliphatic heterocycles. The van der Waals surface area contributed by atoms with Crippen LogP contribution >= 0.6 is 23.2 Å². The minimum atomic E-state index is -0.616. The predicted octanol–water partition coefficient (Wildman–Crippen LogP) is 3.19. The summed E-state index contributed by atoms with van der Waals surface area (Å²) in [6, 6.07) is 5.06. The van der Waals surface area contributed by atoms with Crippen LogP contribution in [-0.4, -0.2) is 17.7 Å². The van der Waals surface area contributed by atoms with Crippen molar-refractivity contribution in [2.75, 3.05) is 6.54 Å². The van der Waals surface area contributed by atoms with E-state index in [1.165, 1.54) is 0 Å². The average molecular weight is 260 g/mol. The Balaban J connectivity index is 2.75. The molecule has 0 bridgehead atoms. The quantitative estimate of drug-likeness (QED) is 0.797. The van der Waals surface area contributed by atoms with Crippen LogP contribution in [0.15, 0.2) is 30.9 Å². The molecular formula is C12H15Cl2NO. The van der Waals surface area contributed by atoms with E-state index in [1.807, 2.05) is 6.92 Å². The van der Waals surface area contributed by atoms with E-state index < -0.39 is 6.10 Å². The zero-order chi connectivity index (χ0) is 12.1. The third-order valence-corrected chi connectivity index (χ3v) is 3.08. The van der Waals surface area contributed by atoms with Gasteiger partial charge < -0.3 is 10.4 Å². The zero-order valence-electron chi connectivity index (χ0n) is 9.08. The molecule has 0 aliphatic carbocycles. The highest BCUT2D eigenvalue weighted by Gasteiger charge is 2.16. The highest BCUT2D eigenvalue weighted by molar-refractivity contribution is 6.42. The van der Waals surface area contributed by atoms with Gasteiger partial charge in [0.15, 0.2) is 0 Å². The molecule has 0 spiro atoms. The van der Waals surface area contributed by atoms with Crippen molar-refractivity contribution in [1.82, 2.24) is 5.32 Å². The zero-order valence-corrected chi connectivity index (χ0v) is 10.6. The van der Waals surface area contributed by atoms with Crippen molar-refractivity contribution < 1.29 is 5.11 Å². The Hall–Kier alpha value is -0.540. The van der Waals surface area contributed by atoms with Crippen molar-refractivity contribution >= 4 is 23.2 Å².